The van der Waals surface area contributed by atoms with Crippen LogP contribution in [0.2, 0.25) is 0 Å². The molecule has 2 amide bonds. The summed E-state index contributed by atoms with van der Waals surface area (Å²) in [5, 5.41) is 0. The van der Waals surface area contributed by atoms with Crippen molar-refractivity contribution in [3.05, 3.63) is 29.8 Å². The fraction of sp³-hybridized carbons (Fsp3) is 0.600. The molecule has 8 nitrogen and oxygen atoms in total. The number of piperidine rings is 1. The quantitative estimate of drug-likeness (QED) is 0.616. The van der Waals surface area contributed by atoms with Gasteiger partial charge in [0.2, 0.25) is 5.91 Å². The molecule has 8 heteroatoms. The summed E-state index contributed by atoms with van der Waals surface area (Å²) in [6.45, 7) is 3.04. The molecule has 0 aromatic heterocycles. The van der Waals surface area contributed by atoms with Crippen LogP contribution in [-0.2, 0) is 19.1 Å². The number of likely N-dealkylation sites (tertiary alicyclic amines) is 1. The molecule has 2 aliphatic heterocycles. The second kappa shape index (κ2) is 9.93. The van der Waals surface area contributed by atoms with Gasteiger partial charge in [0.05, 0.1) is 19.6 Å². The van der Waals surface area contributed by atoms with E-state index in [0.29, 0.717) is 31.2 Å². The Hall–Kier alpha value is -2.90. The summed E-state index contributed by atoms with van der Waals surface area (Å²) in [6, 6.07) is 7.31. The van der Waals surface area contributed by atoms with Gasteiger partial charge in [0, 0.05) is 18.7 Å². The number of rotatable bonds is 6. The molecule has 1 saturated heterocycles. The van der Waals surface area contributed by atoms with Gasteiger partial charge < -0.3 is 19.3 Å². The van der Waals surface area contributed by atoms with Crippen molar-refractivity contribution in [2.45, 2.75) is 57.5 Å². The van der Waals surface area contributed by atoms with E-state index < -0.39 is 5.66 Å². The van der Waals surface area contributed by atoms with Crippen LogP contribution in [-0.4, -0.2) is 72.3 Å². The van der Waals surface area contributed by atoms with E-state index in [1.54, 1.807) is 23.8 Å². The first kappa shape index (κ1) is 23.3. The van der Waals surface area contributed by atoms with Crippen LogP contribution in [0.5, 0.6) is 5.75 Å². The predicted molar refractivity (Wildman–Crippen MR) is 123 cm³/mol. The number of hydrogen-bond donors (Lipinski definition) is 0. The lowest BCUT2D eigenvalue weighted by Gasteiger charge is -2.40. The Labute approximate surface area is 194 Å². The van der Waals surface area contributed by atoms with Gasteiger partial charge in [-0.25, -0.2) is 0 Å². The van der Waals surface area contributed by atoms with Gasteiger partial charge in [-0.1, -0.05) is 6.42 Å². The minimum absolute atomic E-state index is 0.0163. The molecule has 0 bridgehead atoms. The summed E-state index contributed by atoms with van der Waals surface area (Å²) in [6.07, 6.45) is 6.06. The normalized spacial score (nSPS) is 22.3. The number of carbonyl (C=O) groups is 3. The molecule has 3 aliphatic rings. The summed E-state index contributed by atoms with van der Waals surface area (Å²) >= 11 is 0. The molecule has 0 radical (unpaired) electrons. The average molecular weight is 456 g/mol. The maximum Gasteiger partial charge on any atom is 0.310 e. The topological polar surface area (TPSA) is 88.5 Å². The van der Waals surface area contributed by atoms with Crippen LogP contribution < -0.4 is 4.74 Å². The first-order chi connectivity index (χ1) is 16.0. The van der Waals surface area contributed by atoms with Gasteiger partial charge in [-0.2, -0.15) is 0 Å². The SMILES string of the molecule is CCOC(=O)[C@H]1CCCN(C(=O)CN2C(=O)C(c3ccc(OC)cc3)=NC23CCCCC3)C1. The first-order valence-electron chi connectivity index (χ1n) is 12.0. The molecule has 2 heterocycles. The van der Waals surface area contributed by atoms with Crippen LogP contribution in [0.1, 0.15) is 57.4 Å². The Morgan fingerprint density at radius 1 is 1.12 bits per heavy atom. The molecule has 2 fully saturated rings. The average Bonchev–Trinajstić information content (AvgIpc) is 3.10. The first-order valence-corrected chi connectivity index (χ1v) is 12.0. The number of nitrogens with zero attached hydrogens (tertiary/aromatic N) is 3. The molecule has 1 aromatic carbocycles. The van der Waals surface area contributed by atoms with Crippen molar-refractivity contribution in [1.29, 1.82) is 0 Å². The fourth-order valence-corrected chi connectivity index (χ4v) is 5.18. The van der Waals surface area contributed by atoms with Crippen LogP contribution in [0.4, 0.5) is 0 Å². The lowest BCUT2D eigenvalue weighted by Crippen LogP contribution is -2.54. The van der Waals surface area contributed by atoms with Crippen molar-refractivity contribution in [3.8, 4) is 5.75 Å². The summed E-state index contributed by atoms with van der Waals surface area (Å²) in [4.78, 5) is 47.3. The molecule has 1 saturated carbocycles. The Morgan fingerprint density at radius 2 is 1.85 bits per heavy atom. The molecule has 1 aliphatic carbocycles. The molecular weight excluding hydrogens is 422 g/mol. The third kappa shape index (κ3) is 4.75. The minimum atomic E-state index is -0.656. The van der Waals surface area contributed by atoms with E-state index in [4.69, 9.17) is 14.5 Å². The van der Waals surface area contributed by atoms with Gasteiger partial charge in [0.1, 0.15) is 23.7 Å². The fourth-order valence-electron chi connectivity index (χ4n) is 5.18. The van der Waals surface area contributed by atoms with E-state index in [9.17, 15) is 14.4 Å². The maximum atomic E-state index is 13.5. The second-order valence-electron chi connectivity index (χ2n) is 9.05. The third-order valence-corrected chi connectivity index (χ3v) is 6.98. The molecule has 0 unspecified atom stereocenters. The zero-order valence-electron chi connectivity index (χ0n) is 19.5. The number of amides is 2. The summed E-state index contributed by atoms with van der Waals surface area (Å²) in [5.41, 5.74) is 0.493. The van der Waals surface area contributed by atoms with E-state index in [-0.39, 0.29) is 30.2 Å². The lowest BCUT2D eigenvalue weighted by atomic mass is 9.88. The van der Waals surface area contributed by atoms with Gasteiger partial charge in [-0.15, -0.1) is 0 Å². The van der Waals surface area contributed by atoms with Crippen LogP contribution in [0.3, 0.4) is 0 Å². The van der Waals surface area contributed by atoms with E-state index in [0.717, 1.165) is 50.5 Å². The van der Waals surface area contributed by atoms with Crippen molar-refractivity contribution in [3.63, 3.8) is 0 Å². The van der Waals surface area contributed by atoms with Gasteiger partial charge >= 0.3 is 5.97 Å². The zero-order valence-corrected chi connectivity index (χ0v) is 19.5. The van der Waals surface area contributed by atoms with E-state index in [1.165, 1.54) is 0 Å². The standard InChI is InChI=1S/C25H33N3O5/c1-3-33-24(31)19-8-7-15-27(16-19)21(29)17-28-23(30)22(18-9-11-20(32-2)12-10-18)26-25(28)13-5-4-6-14-25/h9-12,19H,3-8,13-17H2,1-2H3/t19-/m0/s1. The summed E-state index contributed by atoms with van der Waals surface area (Å²) in [7, 11) is 1.60. The zero-order chi connectivity index (χ0) is 23.4. The molecule has 1 aromatic rings. The number of methoxy groups -OCH3 is 1. The highest BCUT2D eigenvalue weighted by Crippen LogP contribution is 2.39. The van der Waals surface area contributed by atoms with Crippen molar-refractivity contribution in [2.75, 3.05) is 33.4 Å². The smallest absolute Gasteiger partial charge is 0.310 e. The maximum absolute atomic E-state index is 13.5. The number of hydrogen-bond acceptors (Lipinski definition) is 6. The van der Waals surface area contributed by atoms with E-state index in [2.05, 4.69) is 0 Å². The number of esters is 1. The van der Waals surface area contributed by atoms with Gasteiger partial charge in [0.25, 0.3) is 5.91 Å². The van der Waals surface area contributed by atoms with E-state index in [1.807, 2.05) is 24.3 Å². The number of benzene rings is 1. The van der Waals surface area contributed by atoms with Crippen molar-refractivity contribution >= 4 is 23.5 Å². The van der Waals surface area contributed by atoms with Gasteiger partial charge in [-0.3, -0.25) is 19.4 Å². The Bertz CT molecular complexity index is 920. The summed E-state index contributed by atoms with van der Waals surface area (Å²) < 4.78 is 10.4. The van der Waals surface area contributed by atoms with Crippen molar-refractivity contribution in [1.82, 2.24) is 9.80 Å². The van der Waals surface area contributed by atoms with Crippen LogP contribution in [0.15, 0.2) is 29.3 Å². The minimum Gasteiger partial charge on any atom is -0.497 e. The number of aliphatic imine (C=N–C) groups is 1. The number of carbonyl (C=O) groups excluding carboxylic acids is 3. The van der Waals surface area contributed by atoms with Crippen LogP contribution in [0, 0.1) is 5.92 Å². The molecule has 178 valence electrons. The molecule has 1 spiro atoms. The predicted octanol–water partition coefficient (Wildman–Crippen LogP) is 2.79. The molecule has 1 atom stereocenters. The van der Waals surface area contributed by atoms with Crippen molar-refractivity contribution in [2.24, 2.45) is 10.9 Å². The van der Waals surface area contributed by atoms with Gasteiger partial charge in [0.15, 0.2) is 0 Å². The highest BCUT2D eigenvalue weighted by atomic mass is 16.5. The van der Waals surface area contributed by atoms with E-state index >= 15 is 0 Å². The Balaban J connectivity index is 1.52. The largest absolute Gasteiger partial charge is 0.497 e. The molecule has 0 N–H and O–H groups in total. The highest BCUT2D eigenvalue weighted by Gasteiger charge is 2.48. The Morgan fingerprint density at radius 3 is 2.52 bits per heavy atom. The number of ether oxygens (including phenoxy) is 2. The van der Waals surface area contributed by atoms with Crippen LogP contribution in [0.25, 0.3) is 0 Å². The molecule has 33 heavy (non-hydrogen) atoms. The molecular formula is C25H33N3O5. The lowest BCUT2D eigenvalue weighted by molar-refractivity contribution is -0.152. The Kier molecular flexibility index (Phi) is 7.00. The van der Waals surface area contributed by atoms with Crippen molar-refractivity contribution < 1.29 is 23.9 Å². The van der Waals surface area contributed by atoms with Gasteiger partial charge in [-0.05, 0) is 69.7 Å². The highest BCUT2D eigenvalue weighted by molar-refractivity contribution is 6.47. The third-order valence-electron chi connectivity index (χ3n) is 6.98. The van der Waals surface area contributed by atoms with Crippen LogP contribution >= 0.6 is 0 Å². The second-order valence-corrected chi connectivity index (χ2v) is 9.05. The molecule has 4 rings (SSSR count). The summed E-state index contributed by atoms with van der Waals surface area (Å²) in [5.74, 6) is -0.166. The monoisotopic (exact) mass is 455 g/mol.